The first kappa shape index (κ1) is 27.9. The summed E-state index contributed by atoms with van der Waals surface area (Å²) in [6.45, 7) is 17.8. The number of fused-ring (bicyclic) bond motifs is 7. The van der Waals surface area contributed by atoms with Crippen LogP contribution in [0.15, 0.2) is 11.6 Å². The number of esters is 2. The Kier molecular flexibility index (Phi) is 6.37. The summed E-state index contributed by atoms with van der Waals surface area (Å²) < 4.78 is 11.1. The molecule has 0 bridgehead atoms. The summed E-state index contributed by atoms with van der Waals surface area (Å²) in [6, 6.07) is 0. The third-order valence-corrected chi connectivity index (χ3v) is 13.7. The second-order valence-corrected chi connectivity index (χ2v) is 15.2. The quantitative estimate of drug-likeness (QED) is 0.365. The molecule has 5 aliphatic carbocycles. The molecular formula is C33H50O5. The van der Waals surface area contributed by atoms with E-state index in [4.69, 9.17) is 9.47 Å². The normalized spacial score (nSPS) is 51.9. The lowest BCUT2D eigenvalue weighted by Crippen LogP contribution is -2.68. The van der Waals surface area contributed by atoms with E-state index in [-0.39, 0.29) is 51.2 Å². The van der Waals surface area contributed by atoms with E-state index in [1.807, 2.05) is 6.92 Å². The Balaban J connectivity index is 1.62. The molecule has 5 aliphatic rings. The SMILES string of the molecule is COC(=O)[C@]1(C)[C@@H]2CC[C@]3(C)[C@H](C(=O)C=C4[C@@H]5[C@@H](C)[C@H](C)CC[C@]5(C)CC[C@]43C)[C@@]2(C)CC[C@H]1OC(C)=O. The van der Waals surface area contributed by atoms with E-state index in [9.17, 15) is 14.4 Å². The zero-order chi connectivity index (χ0) is 28.1. The van der Waals surface area contributed by atoms with Crippen LogP contribution in [0.1, 0.15) is 107 Å². The number of hydrogen-bond acceptors (Lipinski definition) is 5. The molecule has 0 aromatic rings. The number of hydrogen-bond donors (Lipinski definition) is 0. The van der Waals surface area contributed by atoms with Crippen LogP contribution in [-0.2, 0) is 23.9 Å². The van der Waals surface area contributed by atoms with Gasteiger partial charge in [0.15, 0.2) is 5.78 Å². The van der Waals surface area contributed by atoms with Crippen LogP contribution in [0.5, 0.6) is 0 Å². The average Bonchev–Trinajstić information content (AvgIpc) is 2.84. The highest BCUT2D eigenvalue weighted by Gasteiger charge is 2.72. The third kappa shape index (κ3) is 3.38. The van der Waals surface area contributed by atoms with Gasteiger partial charge in [-0.2, -0.15) is 0 Å². The summed E-state index contributed by atoms with van der Waals surface area (Å²) in [6.07, 6.45) is 9.50. The van der Waals surface area contributed by atoms with Crippen LogP contribution in [0, 0.1) is 56.7 Å². The van der Waals surface area contributed by atoms with Gasteiger partial charge in [0.25, 0.3) is 0 Å². The Morgan fingerprint density at radius 1 is 0.921 bits per heavy atom. The van der Waals surface area contributed by atoms with Crippen LogP contribution in [-0.4, -0.2) is 30.9 Å². The topological polar surface area (TPSA) is 69.7 Å². The Labute approximate surface area is 229 Å². The van der Waals surface area contributed by atoms with Gasteiger partial charge in [0.1, 0.15) is 11.5 Å². The predicted octanol–water partition coefficient (Wildman–Crippen LogP) is 6.93. The van der Waals surface area contributed by atoms with E-state index < -0.39 is 11.5 Å². The van der Waals surface area contributed by atoms with E-state index in [1.54, 1.807) is 0 Å². The van der Waals surface area contributed by atoms with Crippen molar-refractivity contribution < 1.29 is 23.9 Å². The molecule has 5 heteroatoms. The maximum atomic E-state index is 14.5. The highest BCUT2D eigenvalue weighted by Crippen LogP contribution is 2.75. The van der Waals surface area contributed by atoms with Gasteiger partial charge in [-0.05, 0) is 110 Å². The highest BCUT2D eigenvalue weighted by atomic mass is 16.6. The molecule has 0 aliphatic heterocycles. The van der Waals surface area contributed by atoms with Crippen molar-refractivity contribution in [1.82, 2.24) is 0 Å². The minimum absolute atomic E-state index is 0.0382. The van der Waals surface area contributed by atoms with Crippen molar-refractivity contribution in [2.45, 2.75) is 113 Å². The highest BCUT2D eigenvalue weighted by molar-refractivity contribution is 5.96. The third-order valence-electron chi connectivity index (χ3n) is 13.7. The molecule has 0 N–H and O–H groups in total. The van der Waals surface area contributed by atoms with Gasteiger partial charge in [0.2, 0.25) is 0 Å². The van der Waals surface area contributed by atoms with Crippen molar-refractivity contribution in [3.05, 3.63) is 11.6 Å². The van der Waals surface area contributed by atoms with Gasteiger partial charge in [0, 0.05) is 12.8 Å². The molecule has 0 heterocycles. The number of methoxy groups -OCH3 is 1. The van der Waals surface area contributed by atoms with Crippen molar-refractivity contribution >= 4 is 17.7 Å². The number of allylic oxidation sites excluding steroid dienone is 2. The molecular weight excluding hydrogens is 476 g/mol. The Hall–Kier alpha value is -1.65. The monoisotopic (exact) mass is 526 g/mol. The fraction of sp³-hybridized carbons (Fsp3) is 0.848. The molecule has 4 fully saturated rings. The molecule has 0 unspecified atom stereocenters. The van der Waals surface area contributed by atoms with E-state index >= 15 is 0 Å². The minimum Gasteiger partial charge on any atom is -0.468 e. The number of ether oxygens (including phenoxy) is 2. The molecule has 38 heavy (non-hydrogen) atoms. The molecule has 5 nitrogen and oxygen atoms in total. The molecule has 212 valence electrons. The van der Waals surface area contributed by atoms with E-state index in [2.05, 4.69) is 47.6 Å². The summed E-state index contributed by atoms with van der Waals surface area (Å²) >= 11 is 0. The fourth-order valence-electron chi connectivity index (χ4n) is 11.2. The van der Waals surface area contributed by atoms with Crippen molar-refractivity contribution in [1.29, 1.82) is 0 Å². The average molecular weight is 527 g/mol. The van der Waals surface area contributed by atoms with Crippen molar-refractivity contribution in [3.8, 4) is 0 Å². The first-order valence-corrected chi connectivity index (χ1v) is 15.1. The van der Waals surface area contributed by atoms with Crippen LogP contribution >= 0.6 is 0 Å². The summed E-state index contributed by atoms with van der Waals surface area (Å²) in [5, 5.41) is 0. The molecule has 0 amide bonds. The smallest absolute Gasteiger partial charge is 0.315 e. The van der Waals surface area contributed by atoms with E-state index in [0.29, 0.717) is 24.2 Å². The van der Waals surface area contributed by atoms with Crippen LogP contribution < -0.4 is 0 Å². The zero-order valence-corrected chi connectivity index (χ0v) is 25.2. The van der Waals surface area contributed by atoms with Gasteiger partial charge in [-0.15, -0.1) is 0 Å². The second kappa shape index (κ2) is 8.67. The second-order valence-electron chi connectivity index (χ2n) is 15.2. The Morgan fingerprint density at radius 3 is 2.24 bits per heavy atom. The minimum atomic E-state index is -0.974. The maximum Gasteiger partial charge on any atom is 0.315 e. The lowest BCUT2D eigenvalue weighted by atomic mass is 9.33. The summed E-state index contributed by atoms with van der Waals surface area (Å²) in [5.74, 6) is 1.01. The van der Waals surface area contributed by atoms with Gasteiger partial charge in [0.05, 0.1) is 7.11 Å². The number of ketones is 1. The molecule has 0 spiro atoms. The van der Waals surface area contributed by atoms with Crippen LogP contribution in [0.4, 0.5) is 0 Å². The van der Waals surface area contributed by atoms with Crippen LogP contribution in [0.25, 0.3) is 0 Å². The molecule has 4 saturated carbocycles. The summed E-state index contributed by atoms with van der Waals surface area (Å²) in [4.78, 5) is 40.0. The van der Waals surface area contributed by atoms with E-state index in [1.165, 1.54) is 38.9 Å². The first-order valence-electron chi connectivity index (χ1n) is 15.1. The molecule has 0 aromatic heterocycles. The number of rotatable bonds is 2. The van der Waals surface area contributed by atoms with Crippen molar-refractivity contribution in [2.24, 2.45) is 56.7 Å². The van der Waals surface area contributed by atoms with Gasteiger partial charge in [-0.1, -0.05) is 47.1 Å². The van der Waals surface area contributed by atoms with Gasteiger partial charge in [-0.3, -0.25) is 14.4 Å². The molecule has 0 radical (unpaired) electrons. The standard InChI is InChI=1S/C33H50O5/c1-19-10-13-29(4)16-17-31(6)22(26(29)20(19)2)18-23(35)27-30(5)14-12-25(38-21(3)34)33(8,28(36)37-9)24(30)11-15-32(27,31)7/h18-20,24-27H,10-17H2,1-9H3/t19-,20+,24-,25-,26+,27-,29-,30+,31-,32-,33-/m1/s1. The molecule has 5 rings (SSSR count). The molecule has 11 atom stereocenters. The number of carbonyl (C=O) groups is 3. The van der Waals surface area contributed by atoms with Crippen molar-refractivity contribution in [3.63, 3.8) is 0 Å². The first-order chi connectivity index (χ1) is 17.6. The van der Waals surface area contributed by atoms with Gasteiger partial charge >= 0.3 is 11.9 Å². The largest absolute Gasteiger partial charge is 0.468 e. The Bertz CT molecular complexity index is 1080. The lowest BCUT2D eigenvalue weighted by molar-refractivity contribution is -0.222. The van der Waals surface area contributed by atoms with E-state index in [0.717, 1.165) is 25.7 Å². The lowest BCUT2D eigenvalue weighted by Gasteiger charge is -2.70. The van der Waals surface area contributed by atoms with Gasteiger partial charge in [-0.25, -0.2) is 0 Å². The maximum absolute atomic E-state index is 14.5. The Morgan fingerprint density at radius 2 is 1.61 bits per heavy atom. The number of carbonyl (C=O) groups excluding carboxylic acids is 3. The van der Waals surface area contributed by atoms with Gasteiger partial charge < -0.3 is 9.47 Å². The van der Waals surface area contributed by atoms with Crippen LogP contribution in [0.3, 0.4) is 0 Å². The van der Waals surface area contributed by atoms with Crippen molar-refractivity contribution in [2.75, 3.05) is 7.11 Å². The van der Waals surface area contributed by atoms with Crippen LogP contribution in [0.2, 0.25) is 0 Å². The summed E-state index contributed by atoms with van der Waals surface area (Å²) in [7, 11) is 1.42. The zero-order valence-electron chi connectivity index (χ0n) is 25.2. The molecule has 0 saturated heterocycles. The fourth-order valence-corrected chi connectivity index (χ4v) is 11.2. The summed E-state index contributed by atoms with van der Waals surface area (Å²) in [5.41, 5.74) is 0.142. The molecule has 0 aromatic carbocycles. The predicted molar refractivity (Wildman–Crippen MR) is 147 cm³/mol.